The molecule has 0 N–H and O–H groups in total. The van der Waals surface area contributed by atoms with Gasteiger partial charge < -0.3 is 9.30 Å². The minimum Gasteiger partial charge on any atom is -0.454 e. The Hall–Kier alpha value is -3.71. The molecule has 0 spiro atoms. The van der Waals surface area contributed by atoms with Gasteiger partial charge in [-0.3, -0.25) is 14.2 Å². The number of carbonyl (C=O) groups excluding carboxylic acids is 2. The van der Waals surface area contributed by atoms with Gasteiger partial charge in [-0.2, -0.15) is 0 Å². The van der Waals surface area contributed by atoms with E-state index in [2.05, 4.69) is 4.98 Å². The van der Waals surface area contributed by atoms with Crippen molar-refractivity contribution in [1.29, 1.82) is 0 Å². The van der Waals surface area contributed by atoms with Crippen molar-refractivity contribution >= 4 is 34.3 Å². The number of fused-ring (bicyclic) bond motifs is 2. The molecule has 3 heterocycles. The zero-order valence-corrected chi connectivity index (χ0v) is 19.6. The van der Waals surface area contributed by atoms with Crippen molar-refractivity contribution in [3.05, 3.63) is 92.2 Å². The van der Waals surface area contributed by atoms with Crippen molar-refractivity contribution in [2.45, 2.75) is 33.2 Å². The molecular weight excluding hydrogens is 454 g/mol. The fraction of sp³-hybridized carbons (Fsp3) is 0.231. The van der Waals surface area contributed by atoms with Crippen molar-refractivity contribution in [3.8, 4) is 5.69 Å². The Kier molecular flexibility index (Phi) is 5.57. The smallest absolute Gasteiger partial charge is 0.338 e. The lowest BCUT2D eigenvalue weighted by atomic mass is 10.1. The van der Waals surface area contributed by atoms with Crippen molar-refractivity contribution in [1.82, 2.24) is 14.1 Å². The molecule has 0 saturated carbocycles. The molecule has 0 amide bonds. The molecule has 0 aliphatic carbocycles. The first-order valence-corrected chi connectivity index (χ1v) is 11.4. The maximum Gasteiger partial charge on any atom is 0.338 e. The maximum atomic E-state index is 12.9. The van der Waals surface area contributed by atoms with E-state index in [1.807, 2.05) is 30.5 Å². The highest BCUT2D eigenvalue weighted by molar-refractivity contribution is 6.30. The van der Waals surface area contributed by atoms with E-state index in [-0.39, 0.29) is 23.5 Å². The summed E-state index contributed by atoms with van der Waals surface area (Å²) in [4.78, 5) is 42.7. The molecule has 34 heavy (non-hydrogen) atoms. The second-order valence-corrected chi connectivity index (χ2v) is 8.85. The maximum absolute atomic E-state index is 12.9. The standard InChI is InChI=1S/C26H22ClN3O4/c1-15-12-21(16(2)30(15)19-8-6-18(27)7-9-19)23(31)14-34-26(33)17-5-10-20-22(13-17)28-24-4-3-11-29(24)25(20)32/h5-10,12-13H,3-4,11,14H2,1-2H3. The van der Waals surface area contributed by atoms with Crippen LogP contribution in [0.5, 0.6) is 0 Å². The van der Waals surface area contributed by atoms with E-state index < -0.39 is 5.97 Å². The summed E-state index contributed by atoms with van der Waals surface area (Å²) in [7, 11) is 0. The van der Waals surface area contributed by atoms with Crippen LogP contribution in [0.2, 0.25) is 5.02 Å². The Morgan fingerprint density at radius 2 is 1.85 bits per heavy atom. The van der Waals surface area contributed by atoms with Gasteiger partial charge in [0.15, 0.2) is 6.61 Å². The summed E-state index contributed by atoms with van der Waals surface area (Å²) in [5.41, 5.74) is 3.64. The summed E-state index contributed by atoms with van der Waals surface area (Å²) in [6.45, 7) is 4.04. The minimum atomic E-state index is -0.635. The highest BCUT2D eigenvalue weighted by atomic mass is 35.5. The number of aromatic nitrogens is 3. The van der Waals surface area contributed by atoms with Gasteiger partial charge >= 0.3 is 5.97 Å². The topological polar surface area (TPSA) is 83.2 Å². The molecule has 0 radical (unpaired) electrons. The number of hydrogen-bond donors (Lipinski definition) is 0. The summed E-state index contributed by atoms with van der Waals surface area (Å²) in [5.74, 6) is -0.199. The molecule has 0 atom stereocenters. The Balaban J connectivity index is 1.34. The molecule has 0 unspecified atom stereocenters. The van der Waals surface area contributed by atoms with Crippen LogP contribution >= 0.6 is 11.6 Å². The fourth-order valence-corrected chi connectivity index (χ4v) is 4.66. The van der Waals surface area contributed by atoms with Gasteiger partial charge in [-0.15, -0.1) is 0 Å². The van der Waals surface area contributed by atoms with E-state index in [1.165, 1.54) is 6.07 Å². The molecule has 4 aromatic rings. The molecule has 0 fully saturated rings. The van der Waals surface area contributed by atoms with E-state index in [9.17, 15) is 14.4 Å². The van der Waals surface area contributed by atoms with Crippen LogP contribution < -0.4 is 5.56 Å². The lowest BCUT2D eigenvalue weighted by molar-refractivity contribution is 0.0474. The first-order valence-electron chi connectivity index (χ1n) is 11.0. The van der Waals surface area contributed by atoms with Gasteiger partial charge in [0.2, 0.25) is 5.78 Å². The quantitative estimate of drug-likeness (QED) is 0.314. The van der Waals surface area contributed by atoms with Crippen molar-refractivity contribution in [2.75, 3.05) is 6.61 Å². The van der Waals surface area contributed by atoms with Crippen LogP contribution in [0.1, 0.15) is 44.3 Å². The normalized spacial score (nSPS) is 12.7. The molecule has 5 rings (SSSR count). The largest absolute Gasteiger partial charge is 0.454 e. The molecule has 2 aromatic carbocycles. The molecule has 1 aliphatic rings. The first kappa shape index (κ1) is 22.1. The van der Waals surface area contributed by atoms with Crippen LogP contribution in [-0.2, 0) is 17.7 Å². The number of ketones is 1. The number of ether oxygens (including phenoxy) is 1. The summed E-state index contributed by atoms with van der Waals surface area (Å²) >= 11 is 5.99. The lowest BCUT2D eigenvalue weighted by Crippen LogP contribution is -2.21. The third-order valence-corrected chi connectivity index (χ3v) is 6.45. The number of Topliss-reactive ketones (excluding diaryl/α,β-unsaturated/α-hetero) is 1. The number of carbonyl (C=O) groups is 2. The third kappa shape index (κ3) is 3.82. The Labute approximate surface area is 200 Å². The van der Waals surface area contributed by atoms with Gasteiger partial charge in [-0.25, -0.2) is 9.78 Å². The molecular formula is C26H22ClN3O4. The van der Waals surface area contributed by atoms with Crippen LogP contribution in [0.25, 0.3) is 16.6 Å². The zero-order chi connectivity index (χ0) is 24.0. The Morgan fingerprint density at radius 1 is 1.09 bits per heavy atom. The van der Waals surface area contributed by atoms with Gasteiger partial charge in [0.1, 0.15) is 5.82 Å². The highest BCUT2D eigenvalue weighted by Gasteiger charge is 2.20. The van der Waals surface area contributed by atoms with Crippen molar-refractivity contribution in [3.63, 3.8) is 0 Å². The van der Waals surface area contributed by atoms with Crippen LogP contribution in [-0.4, -0.2) is 32.5 Å². The SMILES string of the molecule is Cc1cc(C(=O)COC(=O)c2ccc3c(=O)n4c(nc3c2)CCC4)c(C)n1-c1ccc(Cl)cc1. The van der Waals surface area contributed by atoms with Crippen molar-refractivity contribution < 1.29 is 14.3 Å². The van der Waals surface area contributed by atoms with E-state index >= 15 is 0 Å². The number of hydrogen-bond acceptors (Lipinski definition) is 5. The van der Waals surface area contributed by atoms with E-state index in [0.717, 1.165) is 35.7 Å². The first-order chi connectivity index (χ1) is 16.3. The Morgan fingerprint density at radius 3 is 2.62 bits per heavy atom. The second-order valence-electron chi connectivity index (χ2n) is 8.42. The monoisotopic (exact) mass is 475 g/mol. The lowest BCUT2D eigenvalue weighted by Gasteiger charge is -2.10. The van der Waals surface area contributed by atoms with E-state index in [4.69, 9.17) is 16.3 Å². The van der Waals surface area contributed by atoms with Gasteiger partial charge in [0.05, 0.1) is 16.5 Å². The molecule has 172 valence electrons. The predicted molar refractivity (Wildman–Crippen MR) is 129 cm³/mol. The Bertz CT molecular complexity index is 1520. The summed E-state index contributed by atoms with van der Waals surface area (Å²) in [5, 5.41) is 1.10. The van der Waals surface area contributed by atoms with Gasteiger partial charge in [-0.05, 0) is 68.8 Å². The number of aryl methyl sites for hydroxylation is 2. The number of benzene rings is 2. The molecule has 7 nitrogen and oxygen atoms in total. The summed E-state index contributed by atoms with van der Waals surface area (Å²) < 4.78 is 8.95. The van der Waals surface area contributed by atoms with Crippen LogP contribution in [0.3, 0.4) is 0 Å². The molecule has 2 aromatic heterocycles. The number of rotatable bonds is 5. The summed E-state index contributed by atoms with van der Waals surface area (Å²) in [6.07, 6.45) is 1.62. The fourth-order valence-electron chi connectivity index (χ4n) is 4.54. The average molecular weight is 476 g/mol. The number of esters is 1. The van der Waals surface area contributed by atoms with Crippen molar-refractivity contribution in [2.24, 2.45) is 0 Å². The number of halogens is 1. The van der Waals surface area contributed by atoms with E-state index in [0.29, 0.717) is 28.0 Å². The van der Waals surface area contributed by atoms with Crippen LogP contribution in [0, 0.1) is 13.8 Å². The van der Waals surface area contributed by atoms with Crippen LogP contribution in [0.4, 0.5) is 0 Å². The molecule has 0 saturated heterocycles. The van der Waals surface area contributed by atoms with Gasteiger partial charge in [0.25, 0.3) is 5.56 Å². The average Bonchev–Trinajstić information content (AvgIpc) is 3.42. The zero-order valence-electron chi connectivity index (χ0n) is 18.8. The molecule has 0 bridgehead atoms. The predicted octanol–water partition coefficient (Wildman–Crippen LogP) is 4.44. The second kappa shape index (κ2) is 8.57. The third-order valence-electron chi connectivity index (χ3n) is 6.20. The van der Waals surface area contributed by atoms with Crippen LogP contribution in [0.15, 0.2) is 53.3 Å². The summed E-state index contributed by atoms with van der Waals surface area (Å²) in [6, 6.07) is 13.8. The molecule has 8 heteroatoms. The highest BCUT2D eigenvalue weighted by Crippen LogP contribution is 2.23. The molecule has 1 aliphatic heterocycles. The minimum absolute atomic E-state index is 0.0939. The number of nitrogens with zero attached hydrogens (tertiary/aromatic N) is 3. The van der Waals surface area contributed by atoms with Gasteiger partial charge in [0, 0.05) is 40.6 Å². The van der Waals surface area contributed by atoms with E-state index in [1.54, 1.807) is 34.9 Å². The van der Waals surface area contributed by atoms with Gasteiger partial charge in [-0.1, -0.05) is 11.6 Å².